The summed E-state index contributed by atoms with van der Waals surface area (Å²) >= 11 is 0. The largest absolute Gasteiger partial charge is 0.497 e. The van der Waals surface area contributed by atoms with Crippen molar-refractivity contribution < 1.29 is 14.3 Å². The van der Waals surface area contributed by atoms with E-state index in [2.05, 4.69) is 17.6 Å². The van der Waals surface area contributed by atoms with Crippen LogP contribution in [-0.4, -0.2) is 23.5 Å². The molecule has 138 valence electrons. The minimum atomic E-state index is -0.452. The molecule has 0 N–H and O–H groups in total. The summed E-state index contributed by atoms with van der Waals surface area (Å²) in [4.78, 5) is 27.2. The molecule has 2 heterocycles. The lowest BCUT2D eigenvalue weighted by Crippen LogP contribution is -2.30. The lowest BCUT2D eigenvalue weighted by Gasteiger charge is -2.15. The van der Waals surface area contributed by atoms with Crippen LogP contribution in [0.2, 0.25) is 0 Å². The van der Waals surface area contributed by atoms with E-state index in [0.29, 0.717) is 11.4 Å². The first-order chi connectivity index (χ1) is 13.1. The van der Waals surface area contributed by atoms with Crippen molar-refractivity contribution in [2.45, 2.75) is 32.2 Å². The zero-order valence-corrected chi connectivity index (χ0v) is 15.5. The second kappa shape index (κ2) is 6.91. The molecule has 4 rings (SSSR count). The number of aryl methyl sites for hydroxylation is 1. The Kier molecular flexibility index (Phi) is 4.44. The van der Waals surface area contributed by atoms with Gasteiger partial charge in [0.05, 0.1) is 18.7 Å². The van der Waals surface area contributed by atoms with Gasteiger partial charge < -0.3 is 9.30 Å². The highest BCUT2D eigenvalue weighted by Gasteiger charge is 2.41. The lowest BCUT2D eigenvalue weighted by molar-refractivity contribution is -0.121. The average molecular weight is 362 g/mol. The summed E-state index contributed by atoms with van der Waals surface area (Å²) in [5.74, 6) is -0.180. The van der Waals surface area contributed by atoms with Gasteiger partial charge in [0.2, 0.25) is 11.8 Å². The Morgan fingerprint density at radius 1 is 1.11 bits per heavy atom. The number of rotatable bonds is 5. The topological polar surface area (TPSA) is 51.5 Å². The Morgan fingerprint density at radius 3 is 2.70 bits per heavy atom. The zero-order valence-electron chi connectivity index (χ0n) is 15.5. The molecule has 3 aromatic rings. The quantitative estimate of drug-likeness (QED) is 0.642. The van der Waals surface area contributed by atoms with Gasteiger partial charge in [0.25, 0.3) is 0 Å². The van der Waals surface area contributed by atoms with Gasteiger partial charge in [0, 0.05) is 36.1 Å². The summed E-state index contributed by atoms with van der Waals surface area (Å²) in [6, 6.07) is 15.1. The third-order valence-electron chi connectivity index (χ3n) is 5.12. The van der Waals surface area contributed by atoms with Crippen LogP contribution < -0.4 is 9.64 Å². The van der Waals surface area contributed by atoms with Gasteiger partial charge in [0.15, 0.2) is 0 Å². The van der Waals surface area contributed by atoms with Gasteiger partial charge in [-0.15, -0.1) is 0 Å². The summed E-state index contributed by atoms with van der Waals surface area (Å²) in [6.45, 7) is 3.01. The van der Waals surface area contributed by atoms with Crippen molar-refractivity contribution in [2.24, 2.45) is 0 Å². The number of nitrogens with zero attached hydrogens (tertiary/aromatic N) is 2. The first-order valence-electron chi connectivity index (χ1n) is 9.22. The Bertz CT molecular complexity index is 1020. The molecule has 5 heteroatoms. The molecule has 1 aliphatic rings. The molecule has 5 nitrogen and oxygen atoms in total. The van der Waals surface area contributed by atoms with Crippen molar-refractivity contribution in [3.05, 3.63) is 60.3 Å². The number of amides is 2. The van der Waals surface area contributed by atoms with Crippen molar-refractivity contribution in [3.63, 3.8) is 0 Å². The molecule has 2 aromatic carbocycles. The minimum absolute atomic E-state index is 0.173. The number of carbonyl (C=O) groups is 2. The fourth-order valence-corrected chi connectivity index (χ4v) is 3.87. The number of aromatic nitrogens is 1. The van der Waals surface area contributed by atoms with E-state index in [1.807, 2.05) is 24.4 Å². The van der Waals surface area contributed by atoms with Crippen molar-refractivity contribution in [2.75, 3.05) is 12.0 Å². The number of fused-ring (bicyclic) bond motifs is 1. The molecule has 1 unspecified atom stereocenters. The normalized spacial score (nSPS) is 17.1. The van der Waals surface area contributed by atoms with Gasteiger partial charge in [-0.05, 0) is 30.2 Å². The smallest absolute Gasteiger partial charge is 0.241 e. The maximum atomic E-state index is 13.2. The molecular weight excluding hydrogens is 340 g/mol. The molecule has 0 bridgehead atoms. The number of imide groups is 1. The summed E-state index contributed by atoms with van der Waals surface area (Å²) in [5.41, 5.74) is 2.60. The first-order valence-corrected chi connectivity index (χ1v) is 9.22. The van der Waals surface area contributed by atoms with Gasteiger partial charge in [-0.1, -0.05) is 31.2 Å². The van der Waals surface area contributed by atoms with Crippen LogP contribution in [0.25, 0.3) is 10.9 Å². The highest BCUT2D eigenvalue weighted by atomic mass is 16.5. The number of hydrogen-bond donors (Lipinski definition) is 0. The van der Waals surface area contributed by atoms with Crippen LogP contribution in [-0.2, 0) is 16.1 Å². The molecule has 2 amide bonds. The van der Waals surface area contributed by atoms with E-state index in [-0.39, 0.29) is 18.2 Å². The van der Waals surface area contributed by atoms with E-state index in [1.165, 1.54) is 4.90 Å². The molecule has 0 radical (unpaired) electrons. The van der Waals surface area contributed by atoms with E-state index in [0.717, 1.165) is 29.4 Å². The van der Waals surface area contributed by atoms with Crippen molar-refractivity contribution >= 4 is 28.4 Å². The van der Waals surface area contributed by atoms with Crippen LogP contribution in [0.3, 0.4) is 0 Å². The van der Waals surface area contributed by atoms with Gasteiger partial charge in [-0.25, -0.2) is 4.90 Å². The van der Waals surface area contributed by atoms with Crippen molar-refractivity contribution in [1.82, 2.24) is 4.57 Å². The molecule has 1 saturated heterocycles. The van der Waals surface area contributed by atoms with E-state index in [4.69, 9.17) is 4.74 Å². The van der Waals surface area contributed by atoms with Crippen LogP contribution in [0.15, 0.2) is 54.7 Å². The summed E-state index contributed by atoms with van der Waals surface area (Å²) < 4.78 is 7.41. The number of anilines is 1. The molecule has 1 fully saturated rings. The first kappa shape index (κ1) is 17.3. The molecule has 0 saturated carbocycles. The fraction of sp³-hybridized carbons (Fsp3) is 0.273. The summed E-state index contributed by atoms with van der Waals surface area (Å²) in [7, 11) is 1.57. The lowest BCUT2D eigenvalue weighted by atomic mass is 9.97. The van der Waals surface area contributed by atoms with Crippen LogP contribution >= 0.6 is 0 Å². The summed E-state index contributed by atoms with van der Waals surface area (Å²) in [5, 5.41) is 1.05. The van der Waals surface area contributed by atoms with Gasteiger partial charge in [-0.2, -0.15) is 0 Å². The van der Waals surface area contributed by atoms with E-state index < -0.39 is 5.92 Å². The van der Waals surface area contributed by atoms with Crippen molar-refractivity contribution in [3.8, 4) is 5.75 Å². The SMILES string of the molecule is CCCn1cc(C2CC(=O)N(c3cccc(OC)c3)C2=O)c2ccccc21. The van der Waals surface area contributed by atoms with Gasteiger partial charge in [-0.3, -0.25) is 9.59 Å². The summed E-state index contributed by atoms with van der Waals surface area (Å²) in [6.07, 6.45) is 3.24. The van der Waals surface area contributed by atoms with Gasteiger partial charge >= 0.3 is 0 Å². The maximum Gasteiger partial charge on any atom is 0.241 e. The zero-order chi connectivity index (χ0) is 19.0. The number of para-hydroxylation sites is 1. The van der Waals surface area contributed by atoms with E-state index in [1.54, 1.807) is 31.4 Å². The Hall–Kier alpha value is -3.08. The number of methoxy groups -OCH3 is 1. The number of hydrogen-bond acceptors (Lipinski definition) is 3. The average Bonchev–Trinajstić information content (AvgIpc) is 3.19. The highest BCUT2D eigenvalue weighted by Crippen LogP contribution is 2.38. The van der Waals surface area contributed by atoms with Crippen LogP contribution in [0.4, 0.5) is 5.69 Å². The third kappa shape index (κ3) is 2.89. The molecular formula is C22H22N2O3. The Morgan fingerprint density at radius 2 is 1.93 bits per heavy atom. The van der Waals surface area contributed by atoms with Crippen LogP contribution in [0.5, 0.6) is 5.75 Å². The predicted octanol–water partition coefficient (Wildman–Crippen LogP) is 4.11. The molecule has 1 aromatic heterocycles. The second-order valence-corrected chi connectivity index (χ2v) is 6.82. The third-order valence-corrected chi connectivity index (χ3v) is 5.12. The van der Waals surface area contributed by atoms with Crippen LogP contribution in [0, 0.1) is 0 Å². The number of benzene rings is 2. The van der Waals surface area contributed by atoms with Crippen LogP contribution in [0.1, 0.15) is 31.2 Å². The minimum Gasteiger partial charge on any atom is -0.497 e. The molecule has 0 spiro atoms. The monoisotopic (exact) mass is 362 g/mol. The molecule has 1 atom stereocenters. The molecule has 27 heavy (non-hydrogen) atoms. The molecule has 1 aliphatic heterocycles. The second-order valence-electron chi connectivity index (χ2n) is 6.82. The number of carbonyl (C=O) groups excluding carboxylic acids is 2. The fourth-order valence-electron chi connectivity index (χ4n) is 3.87. The standard InChI is InChI=1S/C22H22N2O3/c1-3-11-23-14-19(17-9-4-5-10-20(17)23)18-13-21(25)24(22(18)26)15-7-6-8-16(12-15)27-2/h4-10,12,14,18H,3,11,13H2,1-2H3. The maximum absolute atomic E-state index is 13.2. The van der Waals surface area contributed by atoms with E-state index in [9.17, 15) is 9.59 Å². The Labute approximate surface area is 158 Å². The van der Waals surface area contributed by atoms with E-state index >= 15 is 0 Å². The van der Waals surface area contributed by atoms with Gasteiger partial charge in [0.1, 0.15) is 5.75 Å². The molecule has 0 aliphatic carbocycles. The predicted molar refractivity (Wildman–Crippen MR) is 105 cm³/mol. The Balaban J connectivity index is 1.75. The highest BCUT2D eigenvalue weighted by molar-refractivity contribution is 6.23. The van der Waals surface area contributed by atoms with Crippen molar-refractivity contribution in [1.29, 1.82) is 0 Å². The number of ether oxygens (including phenoxy) is 1.